The van der Waals surface area contributed by atoms with Gasteiger partial charge in [-0.2, -0.15) is 0 Å². The third kappa shape index (κ3) is 40.9. The summed E-state index contributed by atoms with van der Waals surface area (Å²) in [5.41, 5.74) is 11.5. The lowest BCUT2D eigenvalue weighted by atomic mass is 10.1. The number of carboxylic acids is 2. The molecular weight excluding hydrogens is 912 g/mol. The molecule has 68 heavy (non-hydrogen) atoms. The summed E-state index contributed by atoms with van der Waals surface area (Å²) in [4.78, 5) is 57.9. The minimum atomic E-state index is -4.88. The van der Waals surface area contributed by atoms with E-state index in [2.05, 4.69) is 67.0 Å². The summed E-state index contributed by atoms with van der Waals surface area (Å²) in [5, 5.41) is 28.4. The van der Waals surface area contributed by atoms with E-state index in [1.807, 2.05) is 42.5 Å². The fourth-order valence-corrected chi connectivity index (χ4v) is 7.51. The van der Waals surface area contributed by atoms with Gasteiger partial charge in [0, 0.05) is 23.8 Å². The van der Waals surface area contributed by atoms with Crippen molar-refractivity contribution in [2.75, 3.05) is 25.6 Å². The number of rotatable bonds is 43. The van der Waals surface area contributed by atoms with Gasteiger partial charge in [-0.05, 0) is 77.0 Å². The number of carboxylic acid groups (broad SMARTS) is 2. The van der Waals surface area contributed by atoms with E-state index in [9.17, 15) is 33.7 Å². The quantitative estimate of drug-likeness (QED) is 0.0109. The number of phosphoric ester groups is 1. The fraction of sp³-hybridized carbons (Fsp3) is 0.569. The van der Waals surface area contributed by atoms with Gasteiger partial charge in [-0.25, -0.2) is 4.57 Å². The monoisotopic (exact) mass is 993 g/mol. The summed E-state index contributed by atoms with van der Waals surface area (Å²) in [5.74, 6) is -4.09. The maximum Gasteiger partial charge on any atom is 0.472 e. The fourth-order valence-electron chi connectivity index (χ4n) is 5.60. The summed E-state index contributed by atoms with van der Waals surface area (Å²) in [6.07, 6.45) is 47.9. The van der Waals surface area contributed by atoms with Crippen LogP contribution in [0.25, 0.3) is 0 Å². The summed E-state index contributed by atoms with van der Waals surface area (Å²) in [6.45, 7) is 2.14. The first kappa shape index (κ1) is 63.9. The van der Waals surface area contributed by atoms with Crippen LogP contribution in [0.3, 0.4) is 0 Å². The number of thioether (sulfide) groups is 1. The molecular formula is C51H81N2O13PS. The zero-order chi connectivity index (χ0) is 50.5. The van der Waals surface area contributed by atoms with Crippen LogP contribution in [-0.4, -0.2) is 99.2 Å². The number of aliphatic carboxylic acids is 2. The first-order valence-electron chi connectivity index (χ1n) is 23.9. The number of ether oxygens (including phenoxy) is 2. The number of hydrogen-bond donors (Lipinski definition) is 6. The second kappa shape index (κ2) is 44.1. The van der Waals surface area contributed by atoms with Gasteiger partial charge < -0.3 is 41.2 Å². The number of esters is 2. The Morgan fingerprint density at radius 1 is 0.618 bits per heavy atom. The van der Waals surface area contributed by atoms with Crippen molar-refractivity contribution in [3.05, 3.63) is 109 Å². The minimum Gasteiger partial charge on any atom is -0.481 e. The molecule has 6 atom stereocenters. The van der Waals surface area contributed by atoms with Crippen molar-refractivity contribution >= 4 is 43.5 Å². The predicted molar refractivity (Wildman–Crippen MR) is 273 cm³/mol. The second-order valence-electron chi connectivity index (χ2n) is 15.7. The molecule has 0 aromatic heterocycles. The zero-order valence-electron chi connectivity index (χ0n) is 40.3. The summed E-state index contributed by atoms with van der Waals surface area (Å²) < 4.78 is 32.8. The molecule has 0 saturated heterocycles. The van der Waals surface area contributed by atoms with Crippen LogP contribution in [0.1, 0.15) is 129 Å². The van der Waals surface area contributed by atoms with Crippen molar-refractivity contribution in [2.24, 2.45) is 11.5 Å². The zero-order valence-corrected chi connectivity index (χ0v) is 42.0. The lowest BCUT2D eigenvalue weighted by molar-refractivity contribution is -0.161. The Kier molecular flexibility index (Phi) is 41.4. The van der Waals surface area contributed by atoms with E-state index in [-0.39, 0.29) is 31.4 Å². The van der Waals surface area contributed by atoms with Crippen molar-refractivity contribution in [1.82, 2.24) is 0 Å². The molecule has 15 nitrogen and oxygen atoms in total. The molecule has 0 aliphatic rings. The second-order valence-corrected chi connectivity index (χ2v) is 18.4. The third-order valence-corrected chi connectivity index (χ3v) is 11.9. The largest absolute Gasteiger partial charge is 0.481 e. The van der Waals surface area contributed by atoms with Crippen LogP contribution in [0.2, 0.25) is 0 Å². The number of aliphatic hydroxyl groups is 1. The number of carbonyl (C=O) groups is 4. The molecule has 0 aliphatic heterocycles. The van der Waals surface area contributed by atoms with Gasteiger partial charge in [0.05, 0.1) is 19.3 Å². The Morgan fingerprint density at radius 2 is 1.13 bits per heavy atom. The molecule has 0 aromatic carbocycles. The third-order valence-electron chi connectivity index (χ3n) is 9.50. The number of hydrogen-bond acceptors (Lipinski definition) is 13. The molecule has 0 aliphatic carbocycles. The molecule has 17 heteroatoms. The topological polar surface area (TPSA) is 255 Å². The molecule has 0 radical (unpaired) electrons. The maximum atomic E-state index is 13.0. The van der Waals surface area contributed by atoms with E-state index in [4.69, 9.17) is 35.7 Å². The maximum absolute atomic E-state index is 13.0. The highest BCUT2D eigenvalue weighted by Gasteiger charge is 2.29. The Bertz CT molecular complexity index is 1690. The van der Waals surface area contributed by atoms with Gasteiger partial charge >= 0.3 is 31.7 Å². The number of aliphatic hydroxyl groups excluding tert-OH is 1. The van der Waals surface area contributed by atoms with Crippen LogP contribution >= 0.6 is 19.6 Å². The van der Waals surface area contributed by atoms with Crippen molar-refractivity contribution in [2.45, 2.75) is 159 Å². The lowest BCUT2D eigenvalue weighted by Gasteiger charge is -2.22. The molecule has 0 amide bonds. The van der Waals surface area contributed by atoms with E-state index in [0.29, 0.717) is 12.8 Å². The van der Waals surface area contributed by atoms with Gasteiger partial charge in [-0.15, -0.1) is 11.8 Å². The van der Waals surface area contributed by atoms with Crippen molar-refractivity contribution in [3.63, 3.8) is 0 Å². The van der Waals surface area contributed by atoms with Gasteiger partial charge in [0.25, 0.3) is 0 Å². The minimum absolute atomic E-state index is 0.0180. The van der Waals surface area contributed by atoms with E-state index in [1.54, 1.807) is 18.2 Å². The number of unbranched alkanes of at least 4 members (excludes halogenated alkanes) is 6. The van der Waals surface area contributed by atoms with Crippen LogP contribution in [0.4, 0.5) is 0 Å². The molecule has 0 spiro atoms. The molecule has 0 aromatic rings. The van der Waals surface area contributed by atoms with E-state index in [0.717, 1.165) is 50.3 Å². The molecule has 0 bridgehead atoms. The van der Waals surface area contributed by atoms with Gasteiger partial charge in [-0.1, -0.05) is 149 Å². The van der Waals surface area contributed by atoms with Crippen molar-refractivity contribution in [1.29, 1.82) is 0 Å². The smallest absolute Gasteiger partial charge is 0.472 e. The molecule has 0 heterocycles. The highest BCUT2D eigenvalue weighted by atomic mass is 32.2. The van der Waals surface area contributed by atoms with E-state index < -0.39 is 81.1 Å². The van der Waals surface area contributed by atoms with Crippen LogP contribution in [0.15, 0.2) is 109 Å². The average Bonchev–Trinajstić information content (AvgIpc) is 3.30. The Balaban J connectivity index is 5.30. The first-order valence-corrected chi connectivity index (χ1v) is 26.4. The molecule has 0 rings (SSSR count). The average molecular weight is 993 g/mol. The number of nitrogens with two attached hydrogens (primary N) is 2. The number of carbonyl (C=O) groups excluding carboxylic acids is 2. The van der Waals surface area contributed by atoms with Crippen LogP contribution in [0, 0.1) is 0 Å². The molecule has 0 fully saturated rings. The summed E-state index contributed by atoms with van der Waals surface area (Å²) >= 11 is 1.16. The van der Waals surface area contributed by atoms with E-state index >= 15 is 0 Å². The van der Waals surface area contributed by atoms with E-state index in [1.165, 1.54) is 38.5 Å². The van der Waals surface area contributed by atoms with Crippen molar-refractivity contribution in [3.8, 4) is 0 Å². The molecule has 8 N–H and O–H groups in total. The number of allylic oxidation sites excluding steroid dienone is 17. The van der Waals surface area contributed by atoms with Gasteiger partial charge in [0.2, 0.25) is 0 Å². The normalized spacial score (nSPS) is 15.8. The summed E-state index contributed by atoms with van der Waals surface area (Å²) in [6, 6.07) is -2.83. The Morgan fingerprint density at radius 3 is 1.68 bits per heavy atom. The molecule has 384 valence electrons. The van der Waals surface area contributed by atoms with Crippen LogP contribution in [-0.2, 0) is 42.3 Å². The molecule has 0 saturated carbocycles. The van der Waals surface area contributed by atoms with Gasteiger partial charge in [0.15, 0.2) is 6.10 Å². The molecule has 1 unspecified atom stereocenters. The van der Waals surface area contributed by atoms with Crippen LogP contribution < -0.4 is 11.5 Å². The predicted octanol–water partition coefficient (Wildman–Crippen LogP) is 9.93. The van der Waals surface area contributed by atoms with Gasteiger partial charge in [-0.3, -0.25) is 28.2 Å². The SMILES string of the molecule is CCCCC/C=C\C\C=C/C=C/C=C/[C@@H](SC[C@H](N)C(=O)OC[C@H](COP(=O)(O)OC[C@H](N)C(=O)O)OC(=O)CC/C=C\C/C=C\C/C=C\C/C=C\C/C=C\CCCCC)[C@@H](O)CCCC(=O)O. The summed E-state index contributed by atoms with van der Waals surface area (Å²) in [7, 11) is -4.88. The Hall–Kier alpha value is -4.12. The van der Waals surface area contributed by atoms with Crippen LogP contribution in [0.5, 0.6) is 0 Å². The highest BCUT2D eigenvalue weighted by molar-refractivity contribution is 8.00. The Labute approximate surface area is 409 Å². The number of phosphoric acid groups is 1. The first-order chi connectivity index (χ1) is 32.7. The lowest BCUT2D eigenvalue weighted by Crippen LogP contribution is -2.38. The standard InChI is InChI=1S/C51H81N2O13PS/c1-3-5-7-9-11-13-15-17-18-19-20-21-22-23-25-27-29-31-33-38-49(57)66-43(40-64-67(61,62)65-41-44(52)50(58)59)39-63-51(60)45(53)42-68-47(46(54)35-34-37-48(55)56)36-32-30-28-26-24-16-14-12-10-8-6-4-2/h11-14,17-18,20-21,23-26,28-32,36,43-47,54H,3-10,15-16,19,22,27,33-35,37-42,52-53H2,1-2H3,(H,55,56)(H,58,59)(H,61,62)/b13-11-,14-12-,18-17-,21-20-,25-23-,26-24-,30-28+,31-29-,36-32+/t43-,44+,45+,46+,47-/m1/s1. The van der Waals surface area contributed by atoms with Crippen molar-refractivity contribution < 1.29 is 62.5 Å². The highest BCUT2D eigenvalue weighted by Crippen LogP contribution is 2.43. The van der Waals surface area contributed by atoms with Gasteiger partial charge in [0.1, 0.15) is 18.7 Å².